The van der Waals surface area contributed by atoms with Crippen molar-refractivity contribution in [1.82, 2.24) is 29.5 Å². The van der Waals surface area contributed by atoms with Gasteiger partial charge in [-0.05, 0) is 37.3 Å². The van der Waals surface area contributed by atoms with Crippen LogP contribution in [-0.2, 0) is 11.8 Å². The molecule has 0 radical (unpaired) electrons. The first kappa shape index (κ1) is 24.1. The van der Waals surface area contributed by atoms with E-state index in [4.69, 9.17) is 14.5 Å². The molecule has 1 aliphatic rings. The van der Waals surface area contributed by atoms with Crippen LogP contribution in [0.25, 0.3) is 33.2 Å². The second kappa shape index (κ2) is 9.53. The maximum Gasteiger partial charge on any atom is 0.339 e. The topological polar surface area (TPSA) is 117 Å². The first-order valence-electron chi connectivity index (χ1n) is 12.6. The van der Waals surface area contributed by atoms with Crippen LogP contribution < -0.4 is 4.74 Å². The quantitative estimate of drug-likeness (QED) is 0.356. The lowest BCUT2D eigenvalue weighted by Gasteiger charge is -2.33. The Labute approximate surface area is 218 Å². The fourth-order valence-electron chi connectivity index (χ4n) is 5.80. The summed E-state index contributed by atoms with van der Waals surface area (Å²) in [5.74, 6) is -0.499. The van der Waals surface area contributed by atoms with Gasteiger partial charge in [0.15, 0.2) is 0 Å². The average Bonchev–Trinajstić information content (AvgIpc) is 3.45. The van der Waals surface area contributed by atoms with Crippen molar-refractivity contribution in [2.24, 2.45) is 13.0 Å². The number of carboxylic acid groups (broad SMARTS) is 1. The molecule has 1 aromatic carbocycles. The molecule has 5 aromatic rings. The van der Waals surface area contributed by atoms with Crippen molar-refractivity contribution in [3.8, 4) is 17.1 Å². The van der Waals surface area contributed by atoms with Gasteiger partial charge in [-0.15, -0.1) is 5.10 Å². The molecule has 1 saturated heterocycles. The van der Waals surface area contributed by atoms with Gasteiger partial charge in [-0.25, -0.2) is 14.5 Å². The fraction of sp³-hybridized carbons (Fsp3) is 0.321. The van der Waals surface area contributed by atoms with Crippen LogP contribution in [0.15, 0.2) is 48.8 Å². The van der Waals surface area contributed by atoms with E-state index in [1.54, 1.807) is 10.9 Å². The molecule has 1 N–H and O–H groups in total. The van der Waals surface area contributed by atoms with Crippen molar-refractivity contribution in [1.29, 1.82) is 0 Å². The lowest BCUT2D eigenvalue weighted by atomic mass is 9.86. The van der Waals surface area contributed by atoms with Crippen LogP contribution in [0.5, 0.6) is 5.88 Å². The standard InChI is InChI=1S/C28H28N6O4/c1-16-24(33(2)32-31-16)19-13-21-23(29-14-19)22-26(20(28(35)36)15-30-27(22)37-3)34(21)25(17-7-5-4-6-8-17)18-9-11-38-12-10-18/h4-8,13-15,18,25H,9-12H2,1-3H3,(H,35,36)/t25-/m1/s1. The fourth-order valence-corrected chi connectivity index (χ4v) is 5.80. The van der Waals surface area contributed by atoms with Crippen molar-refractivity contribution in [3.05, 3.63) is 65.6 Å². The minimum absolute atomic E-state index is 0.103. The Morgan fingerprint density at radius 1 is 1.16 bits per heavy atom. The van der Waals surface area contributed by atoms with Gasteiger partial charge in [-0.1, -0.05) is 35.5 Å². The van der Waals surface area contributed by atoms with Gasteiger partial charge in [0.1, 0.15) is 11.1 Å². The maximum atomic E-state index is 12.6. The number of ether oxygens (including phenoxy) is 2. The molecule has 0 spiro atoms. The van der Waals surface area contributed by atoms with Crippen LogP contribution in [-0.4, -0.2) is 60.9 Å². The van der Waals surface area contributed by atoms with Crippen LogP contribution in [0.4, 0.5) is 0 Å². The third-order valence-corrected chi connectivity index (χ3v) is 7.45. The number of fused-ring (bicyclic) bond motifs is 3. The van der Waals surface area contributed by atoms with Gasteiger partial charge in [-0.3, -0.25) is 4.98 Å². The molecule has 0 amide bonds. The second-order valence-corrected chi connectivity index (χ2v) is 9.62. The van der Waals surface area contributed by atoms with E-state index in [2.05, 4.69) is 32.0 Å². The molecule has 0 aliphatic carbocycles. The van der Waals surface area contributed by atoms with E-state index in [-0.39, 0.29) is 17.5 Å². The van der Waals surface area contributed by atoms with Crippen LogP contribution in [0.1, 0.15) is 40.5 Å². The summed E-state index contributed by atoms with van der Waals surface area (Å²) in [5.41, 5.74) is 5.65. The Morgan fingerprint density at radius 3 is 2.58 bits per heavy atom. The molecule has 10 heteroatoms. The highest BCUT2D eigenvalue weighted by Gasteiger charge is 2.33. The Balaban J connectivity index is 1.76. The number of carbonyl (C=O) groups is 1. The zero-order valence-corrected chi connectivity index (χ0v) is 21.5. The number of aryl methyl sites for hydroxylation is 2. The van der Waals surface area contributed by atoms with Gasteiger partial charge >= 0.3 is 5.97 Å². The zero-order valence-electron chi connectivity index (χ0n) is 21.5. The largest absolute Gasteiger partial charge is 0.480 e. The molecule has 1 aliphatic heterocycles. The summed E-state index contributed by atoms with van der Waals surface area (Å²) in [6, 6.07) is 12.1. The highest BCUT2D eigenvalue weighted by Crippen LogP contribution is 2.44. The van der Waals surface area contributed by atoms with Crippen molar-refractivity contribution in [3.63, 3.8) is 0 Å². The number of benzene rings is 1. The number of methoxy groups -OCH3 is 1. The summed E-state index contributed by atoms with van der Waals surface area (Å²) >= 11 is 0. The molecule has 0 unspecified atom stereocenters. The Kier molecular flexibility index (Phi) is 6.03. The molecule has 0 saturated carbocycles. The molecular formula is C28H28N6O4. The third kappa shape index (κ3) is 3.79. The molecule has 38 heavy (non-hydrogen) atoms. The molecule has 0 bridgehead atoms. The summed E-state index contributed by atoms with van der Waals surface area (Å²) < 4.78 is 15.2. The number of aromatic nitrogens is 6. The highest BCUT2D eigenvalue weighted by atomic mass is 16.5. The number of carboxylic acids is 1. The molecule has 10 nitrogen and oxygen atoms in total. The Bertz CT molecular complexity index is 1630. The van der Waals surface area contributed by atoms with Gasteiger partial charge in [0.2, 0.25) is 5.88 Å². The predicted molar refractivity (Wildman–Crippen MR) is 141 cm³/mol. The molecule has 4 aromatic heterocycles. The Hall–Kier alpha value is -4.31. The molecule has 1 atom stereocenters. The highest BCUT2D eigenvalue weighted by molar-refractivity contribution is 6.15. The van der Waals surface area contributed by atoms with Crippen molar-refractivity contribution < 1.29 is 19.4 Å². The first-order valence-corrected chi connectivity index (χ1v) is 12.6. The normalized spacial score (nSPS) is 15.2. The summed E-state index contributed by atoms with van der Waals surface area (Å²) in [4.78, 5) is 21.8. The van der Waals surface area contributed by atoms with E-state index < -0.39 is 5.97 Å². The maximum absolute atomic E-state index is 12.6. The van der Waals surface area contributed by atoms with Crippen molar-refractivity contribution in [2.75, 3.05) is 20.3 Å². The monoisotopic (exact) mass is 512 g/mol. The SMILES string of the molecule is COc1ncc(C(=O)O)c2c1c1ncc(-c3c(C)nnn3C)cc1n2[C@H](c1ccccc1)C1CCOCC1. The lowest BCUT2D eigenvalue weighted by molar-refractivity contribution is 0.0551. The number of hydrogen-bond acceptors (Lipinski definition) is 7. The summed E-state index contributed by atoms with van der Waals surface area (Å²) in [6.07, 6.45) is 4.85. The van der Waals surface area contributed by atoms with Crippen LogP contribution in [0.2, 0.25) is 0 Å². The van der Waals surface area contributed by atoms with Crippen molar-refractivity contribution in [2.45, 2.75) is 25.8 Å². The minimum atomic E-state index is -1.06. The van der Waals surface area contributed by atoms with Gasteiger partial charge in [-0.2, -0.15) is 0 Å². The Morgan fingerprint density at radius 2 is 1.92 bits per heavy atom. The van der Waals surface area contributed by atoms with E-state index >= 15 is 0 Å². The lowest BCUT2D eigenvalue weighted by Crippen LogP contribution is -2.27. The van der Waals surface area contributed by atoms with E-state index in [0.717, 1.165) is 40.9 Å². The molecule has 194 valence electrons. The number of nitrogens with zero attached hydrogens (tertiary/aromatic N) is 6. The third-order valence-electron chi connectivity index (χ3n) is 7.45. The first-order chi connectivity index (χ1) is 18.5. The van der Waals surface area contributed by atoms with Crippen LogP contribution in [0.3, 0.4) is 0 Å². The van der Waals surface area contributed by atoms with Crippen molar-refractivity contribution >= 4 is 27.9 Å². The van der Waals surface area contributed by atoms with Gasteiger partial charge in [0.05, 0.1) is 41.0 Å². The summed E-state index contributed by atoms with van der Waals surface area (Å²) in [5, 5.41) is 19.3. The predicted octanol–water partition coefficient (Wildman–Crippen LogP) is 4.41. The van der Waals surface area contributed by atoms with Gasteiger partial charge < -0.3 is 19.1 Å². The molecule has 5 heterocycles. The van der Waals surface area contributed by atoms with Gasteiger partial charge in [0.25, 0.3) is 0 Å². The zero-order chi connectivity index (χ0) is 26.4. The number of pyridine rings is 2. The van der Waals surface area contributed by atoms with E-state index in [9.17, 15) is 9.90 Å². The molecular weight excluding hydrogens is 484 g/mol. The molecule has 6 rings (SSSR count). The van der Waals surface area contributed by atoms with E-state index in [1.165, 1.54) is 13.3 Å². The van der Waals surface area contributed by atoms with E-state index in [1.807, 2.05) is 38.2 Å². The van der Waals surface area contributed by atoms with E-state index in [0.29, 0.717) is 35.5 Å². The average molecular weight is 513 g/mol. The summed E-state index contributed by atoms with van der Waals surface area (Å²) in [7, 11) is 3.39. The smallest absolute Gasteiger partial charge is 0.339 e. The minimum Gasteiger partial charge on any atom is -0.480 e. The number of aromatic carboxylic acids is 1. The van der Waals surface area contributed by atoms with Crippen LogP contribution >= 0.6 is 0 Å². The van der Waals surface area contributed by atoms with Crippen LogP contribution in [0, 0.1) is 12.8 Å². The molecule has 1 fully saturated rings. The second-order valence-electron chi connectivity index (χ2n) is 9.62. The van der Waals surface area contributed by atoms with Gasteiger partial charge in [0, 0.05) is 38.2 Å². The summed E-state index contributed by atoms with van der Waals surface area (Å²) in [6.45, 7) is 3.22. The number of hydrogen-bond donors (Lipinski definition) is 1. The number of rotatable bonds is 6.